The molecule has 1 amide bonds. The lowest BCUT2D eigenvalue weighted by molar-refractivity contribution is -0.122. The average Bonchev–Trinajstić information content (AvgIpc) is 2.72. The lowest BCUT2D eigenvalue weighted by Gasteiger charge is -2.18. The molecule has 0 aliphatic heterocycles. The van der Waals surface area contributed by atoms with Gasteiger partial charge in [0, 0.05) is 0 Å². The third kappa shape index (κ3) is 5.36. The van der Waals surface area contributed by atoms with Gasteiger partial charge in [-0.2, -0.15) is 0 Å². The number of aromatic hydroxyl groups is 1. The van der Waals surface area contributed by atoms with Crippen molar-refractivity contribution in [1.29, 1.82) is 0 Å². The van der Waals surface area contributed by atoms with Crippen molar-refractivity contribution in [1.82, 2.24) is 5.32 Å². The van der Waals surface area contributed by atoms with E-state index in [9.17, 15) is 9.90 Å². The molecule has 0 fully saturated rings. The number of carbonyl (C=O) groups excluding carboxylic acids is 1. The average molecular weight is 375 g/mol. The fraction of sp³-hybridized carbons (Fsp3) is 0.208. The molecule has 0 aliphatic carbocycles. The summed E-state index contributed by atoms with van der Waals surface area (Å²) in [4.78, 5) is 12.9. The number of amides is 1. The van der Waals surface area contributed by atoms with Gasteiger partial charge in [0.15, 0.2) is 0 Å². The molecule has 0 unspecified atom stereocenters. The summed E-state index contributed by atoms with van der Waals surface area (Å²) in [5, 5.41) is 12.5. The number of phenolic OH excluding ortho intramolecular Hbond substituents is 1. The largest absolute Gasteiger partial charge is 0.508 e. The van der Waals surface area contributed by atoms with Crippen molar-refractivity contribution < 1.29 is 14.6 Å². The van der Waals surface area contributed by atoms with Crippen LogP contribution in [0.15, 0.2) is 78.9 Å². The second-order valence-corrected chi connectivity index (χ2v) is 6.74. The van der Waals surface area contributed by atoms with E-state index >= 15 is 0 Å². The van der Waals surface area contributed by atoms with Gasteiger partial charge in [0.25, 0.3) is 0 Å². The molecule has 3 aromatic rings. The van der Waals surface area contributed by atoms with Gasteiger partial charge >= 0.3 is 0 Å². The topological polar surface area (TPSA) is 58.6 Å². The monoisotopic (exact) mass is 375 g/mol. The quantitative estimate of drug-likeness (QED) is 0.580. The first-order valence-corrected chi connectivity index (χ1v) is 9.42. The van der Waals surface area contributed by atoms with Crippen LogP contribution >= 0.6 is 0 Å². The maximum atomic E-state index is 12.9. The highest BCUT2D eigenvalue weighted by atomic mass is 16.5. The maximum Gasteiger partial charge on any atom is 0.227 e. The third-order valence-corrected chi connectivity index (χ3v) is 4.65. The lowest BCUT2D eigenvalue weighted by atomic mass is 9.91. The van der Waals surface area contributed by atoms with Crippen molar-refractivity contribution in [2.75, 3.05) is 13.2 Å². The molecule has 0 bridgehead atoms. The van der Waals surface area contributed by atoms with Gasteiger partial charge in [0.2, 0.25) is 5.91 Å². The number of hydrogen-bond acceptors (Lipinski definition) is 3. The summed E-state index contributed by atoms with van der Waals surface area (Å²) in [5.41, 5.74) is 3.04. The summed E-state index contributed by atoms with van der Waals surface area (Å²) >= 11 is 0. The number of ether oxygens (including phenoxy) is 1. The summed E-state index contributed by atoms with van der Waals surface area (Å²) in [5.74, 6) is 0.718. The zero-order chi connectivity index (χ0) is 19.8. The smallest absolute Gasteiger partial charge is 0.227 e. The molecule has 0 aliphatic rings. The van der Waals surface area contributed by atoms with Crippen molar-refractivity contribution in [3.05, 3.63) is 95.6 Å². The van der Waals surface area contributed by atoms with Gasteiger partial charge < -0.3 is 15.2 Å². The predicted octanol–water partition coefficient (Wildman–Crippen LogP) is 4.22. The third-order valence-electron chi connectivity index (χ3n) is 4.65. The summed E-state index contributed by atoms with van der Waals surface area (Å²) in [6, 6.07) is 24.6. The van der Waals surface area contributed by atoms with Crippen LogP contribution in [0.5, 0.6) is 11.5 Å². The Bertz CT molecular complexity index is 891. The Kier molecular flexibility index (Phi) is 6.68. The van der Waals surface area contributed by atoms with Gasteiger partial charge in [-0.05, 0) is 48.2 Å². The Hall–Kier alpha value is -3.27. The molecule has 0 spiro atoms. The number of phenols is 1. The fourth-order valence-electron chi connectivity index (χ4n) is 3.09. The van der Waals surface area contributed by atoms with Gasteiger partial charge in [-0.15, -0.1) is 0 Å². The number of nitrogens with one attached hydrogen (secondary N) is 1. The minimum Gasteiger partial charge on any atom is -0.508 e. The molecule has 28 heavy (non-hydrogen) atoms. The Morgan fingerprint density at radius 3 is 2.36 bits per heavy atom. The second kappa shape index (κ2) is 9.60. The molecule has 0 saturated carbocycles. The maximum absolute atomic E-state index is 12.9. The standard InChI is InChI=1S/C24H25NO3/c1-18-7-5-6-10-23(18)28-16-15-25-24(27)22(20-8-3-2-4-9-20)17-19-11-13-21(26)14-12-19/h2-14,22,26H,15-17H2,1H3,(H,25,27)/t22-/m1/s1. The lowest BCUT2D eigenvalue weighted by Crippen LogP contribution is -2.33. The first kappa shape index (κ1) is 19.5. The van der Waals surface area contributed by atoms with Crippen LogP contribution in [0.4, 0.5) is 0 Å². The molecule has 1 atom stereocenters. The van der Waals surface area contributed by atoms with E-state index in [1.807, 2.05) is 73.7 Å². The highest BCUT2D eigenvalue weighted by Gasteiger charge is 2.20. The summed E-state index contributed by atoms with van der Waals surface area (Å²) in [7, 11) is 0. The van der Waals surface area contributed by atoms with Crippen molar-refractivity contribution in [2.45, 2.75) is 19.3 Å². The van der Waals surface area contributed by atoms with Crippen LogP contribution in [0.2, 0.25) is 0 Å². The molecule has 144 valence electrons. The second-order valence-electron chi connectivity index (χ2n) is 6.74. The number of hydrogen-bond donors (Lipinski definition) is 2. The highest BCUT2D eigenvalue weighted by Crippen LogP contribution is 2.22. The molecule has 2 N–H and O–H groups in total. The first-order chi connectivity index (χ1) is 13.6. The molecule has 0 radical (unpaired) electrons. The van der Waals surface area contributed by atoms with E-state index in [1.165, 1.54) is 0 Å². The van der Waals surface area contributed by atoms with Gasteiger partial charge in [-0.25, -0.2) is 0 Å². The summed E-state index contributed by atoms with van der Waals surface area (Å²) < 4.78 is 5.76. The zero-order valence-corrected chi connectivity index (χ0v) is 16.0. The molecule has 4 heteroatoms. The number of para-hydroxylation sites is 1. The zero-order valence-electron chi connectivity index (χ0n) is 16.0. The van der Waals surface area contributed by atoms with Gasteiger partial charge in [0.05, 0.1) is 12.5 Å². The van der Waals surface area contributed by atoms with Crippen LogP contribution in [0.25, 0.3) is 0 Å². The molecule has 0 aromatic heterocycles. The molecule has 3 rings (SSSR count). The predicted molar refractivity (Wildman–Crippen MR) is 111 cm³/mol. The van der Waals surface area contributed by atoms with E-state index in [2.05, 4.69) is 5.32 Å². The first-order valence-electron chi connectivity index (χ1n) is 9.42. The normalized spacial score (nSPS) is 11.6. The van der Waals surface area contributed by atoms with Crippen LogP contribution < -0.4 is 10.1 Å². The van der Waals surface area contributed by atoms with Gasteiger partial charge in [0.1, 0.15) is 18.1 Å². The fourth-order valence-corrected chi connectivity index (χ4v) is 3.09. The van der Waals surface area contributed by atoms with E-state index in [-0.39, 0.29) is 17.6 Å². The van der Waals surface area contributed by atoms with Crippen molar-refractivity contribution in [2.24, 2.45) is 0 Å². The SMILES string of the molecule is Cc1ccccc1OCCNC(=O)[C@H](Cc1ccc(O)cc1)c1ccccc1. The van der Waals surface area contributed by atoms with Gasteiger partial charge in [-0.1, -0.05) is 60.7 Å². The molecular weight excluding hydrogens is 350 g/mol. The number of benzene rings is 3. The highest BCUT2D eigenvalue weighted by molar-refractivity contribution is 5.84. The minimum atomic E-state index is -0.302. The van der Waals surface area contributed by atoms with E-state index in [1.54, 1.807) is 12.1 Å². The minimum absolute atomic E-state index is 0.0346. The Morgan fingerprint density at radius 2 is 1.64 bits per heavy atom. The van der Waals surface area contributed by atoms with Crippen molar-refractivity contribution in [3.63, 3.8) is 0 Å². The number of rotatable bonds is 8. The van der Waals surface area contributed by atoms with Crippen LogP contribution in [0, 0.1) is 6.92 Å². The van der Waals surface area contributed by atoms with Crippen LogP contribution in [0.1, 0.15) is 22.6 Å². The van der Waals surface area contributed by atoms with E-state index in [0.717, 1.165) is 22.4 Å². The van der Waals surface area contributed by atoms with E-state index in [0.29, 0.717) is 19.6 Å². The molecule has 3 aromatic carbocycles. The Balaban J connectivity index is 1.61. The summed E-state index contributed by atoms with van der Waals surface area (Å²) in [6.45, 7) is 2.85. The summed E-state index contributed by atoms with van der Waals surface area (Å²) in [6.07, 6.45) is 0.564. The Morgan fingerprint density at radius 1 is 0.964 bits per heavy atom. The molecule has 0 saturated heterocycles. The van der Waals surface area contributed by atoms with Crippen LogP contribution in [0.3, 0.4) is 0 Å². The van der Waals surface area contributed by atoms with Crippen molar-refractivity contribution in [3.8, 4) is 11.5 Å². The molecule has 0 heterocycles. The number of aryl methyl sites for hydroxylation is 1. The van der Waals surface area contributed by atoms with Crippen molar-refractivity contribution >= 4 is 5.91 Å². The van der Waals surface area contributed by atoms with E-state index in [4.69, 9.17) is 4.74 Å². The molecule has 4 nitrogen and oxygen atoms in total. The molecular formula is C24H25NO3. The van der Waals surface area contributed by atoms with Gasteiger partial charge in [-0.3, -0.25) is 4.79 Å². The van der Waals surface area contributed by atoms with Crippen LogP contribution in [-0.2, 0) is 11.2 Å². The van der Waals surface area contributed by atoms with E-state index < -0.39 is 0 Å². The number of carbonyl (C=O) groups is 1. The van der Waals surface area contributed by atoms with Crippen LogP contribution in [-0.4, -0.2) is 24.2 Å². The Labute approximate surface area is 165 Å².